The fourth-order valence-corrected chi connectivity index (χ4v) is 0.940. The highest BCUT2D eigenvalue weighted by molar-refractivity contribution is 5.68. The predicted octanol–water partition coefficient (Wildman–Crippen LogP) is 1.49. The molecule has 1 N–H and O–H groups in total. The molecule has 1 aromatic rings. The number of methoxy groups -OCH3 is 1. The summed E-state index contributed by atoms with van der Waals surface area (Å²) in [6.45, 7) is -0.650. The van der Waals surface area contributed by atoms with Crippen molar-refractivity contribution in [3.8, 4) is 11.8 Å². The number of alkyl halides is 2. The Bertz CT molecular complexity index is 384. The van der Waals surface area contributed by atoms with E-state index in [4.69, 9.17) is 5.11 Å². The number of carboxylic acid groups (broad SMARTS) is 1. The van der Waals surface area contributed by atoms with Crippen LogP contribution in [0, 0.1) is 0 Å². The first-order valence-corrected chi connectivity index (χ1v) is 4.21. The number of pyridine rings is 1. The van der Waals surface area contributed by atoms with Gasteiger partial charge in [0.15, 0.2) is 6.61 Å². The molecule has 0 radical (unpaired) electrons. The fourth-order valence-electron chi connectivity index (χ4n) is 0.940. The van der Waals surface area contributed by atoms with E-state index in [-0.39, 0.29) is 17.3 Å². The Balaban J connectivity index is 2.90. The molecule has 0 aliphatic heterocycles. The number of halogens is 2. The van der Waals surface area contributed by atoms with E-state index in [1.807, 2.05) is 0 Å². The smallest absolute Gasteiger partial charge is 0.341 e. The summed E-state index contributed by atoms with van der Waals surface area (Å²) >= 11 is 0. The summed E-state index contributed by atoms with van der Waals surface area (Å²) < 4.78 is 34.2. The number of ether oxygens (including phenoxy) is 2. The van der Waals surface area contributed by atoms with Gasteiger partial charge in [0.1, 0.15) is 0 Å². The molecule has 0 spiro atoms. The van der Waals surface area contributed by atoms with Gasteiger partial charge in [-0.15, -0.1) is 0 Å². The molecule has 1 aromatic heterocycles. The highest BCUT2D eigenvalue weighted by Crippen LogP contribution is 2.25. The number of hydrogen-bond acceptors (Lipinski definition) is 4. The van der Waals surface area contributed by atoms with Gasteiger partial charge in [0.05, 0.1) is 7.11 Å². The van der Waals surface area contributed by atoms with E-state index in [9.17, 15) is 13.6 Å². The molecule has 16 heavy (non-hydrogen) atoms. The van der Waals surface area contributed by atoms with Crippen molar-refractivity contribution in [2.24, 2.45) is 0 Å². The van der Waals surface area contributed by atoms with Gasteiger partial charge in [-0.05, 0) is 0 Å². The molecule has 5 nitrogen and oxygen atoms in total. The second kappa shape index (κ2) is 5.24. The van der Waals surface area contributed by atoms with Gasteiger partial charge in [-0.1, -0.05) is 0 Å². The second-order valence-electron chi connectivity index (χ2n) is 2.76. The van der Waals surface area contributed by atoms with Crippen LogP contribution in [0.5, 0.6) is 11.8 Å². The topological polar surface area (TPSA) is 68.7 Å². The van der Waals surface area contributed by atoms with E-state index < -0.39 is 19.0 Å². The molecule has 0 aliphatic carbocycles. The molecular formula is C9H9F2NO4. The van der Waals surface area contributed by atoms with Crippen molar-refractivity contribution in [3.05, 3.63) is 17.7 Å². The number of aliphatic carboxylic acids is 1. The Hall–Kier alpha value is -1.92. The largest absolute Gasteiger partial charge is 0.481 e. The van der Waals surface area contributed by atoms with E-state index >= 15 is 0 Å². The Morgan fingerprint density at radius 3 is 2.62 bits per heavy atom. The molecule has 1 rings (SSSR count). The molecule has 0 bridgehead atoms. The van der Waals surface area contributed by atoms with E-state index in [1.54, 1.807) is 0 Å². The first-order chi connectivity index (χ1) is 7.52. The van der Waals surface area contributed by atoms with Gasteiger partial charge in [0.25, 0.3) is 6.43 Å². The average Bonchev–Trinajstić information content (AvgIpc) is 2.25. The minimum atomic E-state index is -2.70. The zero-order valence-corrected chi connectivity index (χ0v) is 8.31. The molecule has 0 fully saturated rings. The first kappa shape index (κ1) is 12.2. The summed E-state index contributed by atoms with van der Waals surface area (Å²) in [6.07, 6.45) is -2.70. The fraction of sp³-hybridized carbons (Fsp3) is 0.333. The quantitative estimate of drug-likeness (QED) is 0.834. The van der Waals surface area contributed by atoms with Crippen LogP contribution >= 0.6 is 0 Å². The zero-order chi connectivity index (χ0) is 12.1. The van der Waals surface area contributed by atoms with Crippen LogP contribution in [0.25, 0.3) is 0 Å². The zero-order valence-electron chi connectivity index (χ0n) is 8.31. The number of carboxylic acids is 1. The molecule has 0 aromatic carbocycles. The van der Waals surface area contributed by atoms with Crippen molar-refractivity contribution in [2.45, 2.75) is 6.43 Å². The Kier molecular flexibility index (Phi) is 3.98. The number of rotatable bonds is 5. The van der Waals surface area contributed by atoms with Crippen LogP contribution in [0.1, 0.15) is 12.0 Å². The lowest BCUT2D eigenvalue weighted by molar-refractivity contribution is -0.139. The third kappa shape index (κ3) is 3.34. The van der Waals surface area contributed by atoms with Crippen molar-refractivity contribution in [1.82, 2.24) is 4.98 Å². The highest BCUT2D eigenvalue weighted by atomic mass is 19.3. The molecule has 0 saturated heterocycles. The average molecular weight is 233 g/mol. The summed E-state index contributed by atoms with van der Waals surface area (Å²) in [6, 6.07) is 2.02. The maximum Gasteiger partial charge on any atom is 0.341 e. The van der Waals surface area contributed by atoms with Crippen LogP contribution in [0.4, 0.5) is 8.78 Å². The Morgan fingerprint density at radius 2 is 2.12 bits per heavy atom. The van der Waals surface area contributed by atoms with Gasteiger partial charge in [0.2, 0.25) is 11.8 Å². The lowest BCUT2D eigenvalue weighted by Gasteiger charge is -2.07. The normalized spacial score (nSPS) is 10.2. The summed E-state index contributed by atoms with van der Waals surface area (Å²) in [7, 11) is 1.26. The molecule has 0 aliphatic rings. The van der Waals surface area contributed by atoms with Crippen LogP contribution in [0.15, 0.2) is 12.1 Å². The Labute approximate surface area is 89.6 Å². The van der Waals surface area contributed by atoms with E-state index in [0.29, 0.717) is 0 Å². The van der Waals surface area contributed by atoms with Crippen LogP contribution < -0.4 is 9.47 Å². The highest BCUT2D eigenvalue weighted by Gasteiger charge is 2.12. The van der Waals surface area contributed by atoms with E-state index in [2.05, 4.69) is 14.5 Å². The Morgan fingerprint density at radius 1 is 1.50 bits per heavy atom. The van der Waals surface area contributed by atoms with Crippen LogP contribution in [-0.4, -0.2) is 29.8 Å². The minimum Gasteiger partial charge on any atom is -0.481 e. The lowest BCUT2D eigenvalue weighted by atomic mass is 10.3. The van der Waals surface area contributed by atoms with Crippen molar-refractivity contribution in [3.63, 3.8) is 0 Å². The van der Waals surface area contributed by atoms with Crippen LogP contribution in [0.3, 0.4) is 0 Å². The number of nitrogens with zero attached hydrogens (tertiary/aromatic N) is 1. The van der Waals surface area contributed by atoms with Gasteiger partial charge in [-0.2, -0.15) is 4.98 Å². The SMILES string of the molecule is COc1cc(C(F)F)cc(OCC(=O)O)n1. The molecule has 0 saturated carbocycles. The molecule has 0 amide bonds. The molecule has 0 unspecified atom stereocenters. The van der Waals surface area contributed by atoms with Gasteiger partial charge >= 0.3 is 5.97 Å². The monoisotopic (exact) mass is 233 g/mol. The number of aromatic nitrogens is 1. The van der Waals surface area contributed by atoms with Gasteiger partial charge < -0.3 is 14.6 Å². The molecule has 88 valence electrons. The standard InChI is InChI=1S/C9H9F2NO4/c1-15-6-2-5(9(10)11)3-7(12-6)16-4-8(13)14/h2-3,9H,4H2,1H3,(H,13,14). The molecular weight excluding hydrogens is 224 g/mol. The van der Waals surface area contributed by atoms with Crippen LogP contribution in [0.2, 0.25) is 0 Å². The summed E-state index contributed by atoms with van der Waals surface area (Å²) in [5.74, 6) is -1.49. The molecule has 0 atom stereocenters. The third-order valence-electron chi connectivity index (χ3n) is 1.61. The maximum absolute atomic E-state index is 12.4. The minimum absolute atomic E-state index is 0.0572. The van der Waals surface area contributed by atoms with Gasteiger partial charge in [0, 0.05) is 17.7 Å². The van der Waals surface area contributed by atoms with Gasteiger partial charge in [-0.3, -0.25) is 0 Å². The van der Waals surface area contributed by atoms with Crippen molar-refractivity contribution >= 4 is 5.97 Å². The van der Waals surface area contributed by atoms with E-state index in [1.165, 1.54) is 7.11 Å². The summed E-state index contributed by atoms with van der Waals surface area (Å²) in [5, 5.41) is 8.35. The maximum atomic E-state index is 12.4. The predicted molar refractivity (Wildman–Crippen MR) is 48.9 cm³/mol. The van der Waals surface area contributed by atoms with E-state index in [0.717, 1.165) is 12.1 Å². The molecule has 1 heterocycles. The summed E-state index contributed by atoms with van der Waals surface area (Å²) in [5.41, 5.74) is -0.341. The van der Waals surface area contributed by atoms with Crippen molar-refractivity contribution in [2.75, 3.05) is 13.7 Å². The van der Waals surface area contributed by atoms with Crippen molar-refractivity contribution < 1.29 is 28.2 Å². The van der Waals surface area contributed by atoms with Crippen molar-refractivity contribution in [1.29, 1.82) is 0 Å². The third-order valence-corrected chi connectivity index (χ3v) is 1.61. The second-order valence-corrected chi connectivity index (χ2v) is 2.76. The van der Waals surface area contributed by atoms with Crippen LogP contribution in [-0.2, 0) is 4.79 Å². The first-order valence-electron chi connectivity index (χ1n) is 4.21. The number of carbonyl (C=O) groups is 1. The van der Waals surface area contributed by atoms with Gasteiger partial charge in [-0.25, -0.2) is 13.6 Å². The lowest BCUT2D eigenvalue weighted by Crippen LogP contribution is -2.10. The number of hydrogen-bond donors (Lipinski definition) is 1. The summed E-state index contributed by atoms with van der Waals surface area (Å²) in [4.78, 5) is 13.9. The molecule has 7 heteroatoms.